The summed E-state index contributed by atoms with van der Waals surface area (Å²) in [6, 6.07) is 1.61. The van der Waals surface area contributed by atoms with Crippen molar-refractivity contribution in [3.63, 3.8) is 0 Å². The molecule has 0 aromatic rings. The smallest absolute Gasteiger partial charge is 0.0141 e. The van der Waals surface area contributed by atoms with E-state index in [9.17, 15) is 0 Å². The maximum atomic E-state index is 6.11. The third kappa shape index (κ3) is 3.98. The quantitative estimate of drug-likeness (QED) is 0.827. The highest BCUT2D eigenvalue weighted by Gasteiger charge is 2.42. The molecular formula is C18H36N2. The zero-order valence-corrected chi connectivity index (χ0v) is 14.4. The first-order valence-electron chi connectivity index (χ1n) is 8.78. The first kappa shape index (κ1) is 16.3. The van der Waals surface area contributed by atoms with Gasteiger partial charge in [-0.15, -0.1) is 0 Å². The summed E-state index contributed by atoms with van der Waals surface area (Å²) in [4.78, 5) is 2.85. The highest BCUT2D eigenvalue weighted by atomic mass is 15.2. The Balaban J connectivity index is 2.10. The van der Waals surface area contributed by atoms with Crippen LogP contribution in [0, 0.1) is 23.2 Å². The van der Waals surface area contributed by atoms with Gasteiger partial charge in [0, 0.05) is 18.6 Å². The number of nitrogens with two attached hydrogens (primary N) is 1. The molecule has 3 atom stereocenters. The molecule has 2 saturated carbocycles. The van der Waals surface area contributed by atoms with E-state index in [1.165, 1.54) is 38.6 Å². The van der Waals surface area contributed by atoms with Gasteiger partial charge in [0.15, 0.2) is 0 Å². The molecule has 2 fully saturated rings. The van der Waals surface area contributed by atoms with Gasteiger partial charge in [-0.2, -0.15) is 0 Å². The van der Waals surface area contributed by atoms with Crippen molar-refractivity contribution in [1.82, 2.24) is 4.90 Å². The molecule has 20 heavy (non-hydrogen) atoms. The van der Waals surface area contributed by atoms with E-state index in [0.717, 1.165) is 36.4 Å². The summed E-state index contributed by atoms with van der Waals surface area (Å²) >= 11 is 0. The molecule has 0 aliphatic heterocycles. The van der Waals surface area contributed by atoms with Gasteiger partial charge in [0.05, 0.1) is 0 Å². The minimum absolute atomic E-state index is 0.449. The molecule has 2 heteroatoms. The SMILES string of the molecule is CC(C)CN(C1CC1)C1CC(C(C)(C)C)CCC1CN. The average molecular weight is 280 g/mol. The van der Waals surface area contributed by atoms with Gasteiger partial charge >= 0.3 is 0 Å². The van der Waals surface area contributed by atoms with Gasteiger partial charge < -0.3 is 5.73 Å². The molecule has 2 aliphatic carbocycles. The van der Waals surface area contributed by atoms with E-state index in [1.54, 1.807) is 0 Å². The molecule has 3 unspecified atom stereocenters. The first-order chi connectivity index (χ1) is 9.32. The van der Waals surface area contributed by atoms with Crippen LogP contribution in [-0.4, -0.2) is 30.1 Å². The molecule has 2 nitrogen and oxygen atoms in total. The van der Waals surface area contributed by atoms with E-state index in [-0.39, 0.29) is 0 Å². The largest absolute Gasteiger partial charge is 0.330 e. The lowest BCUT2D eigenvalue weighted by Crippen LogP contribution is -2.50. The molecule has 2 aliphatic rings. The minimum Gasteiger partial charge on any atom is -0.330 e. The first-order valence-corrected chi connectivity index (χ1v) is 8.78. The summed E-state index contributed by atoms with van der Waals surface area (Å²) in [5.74, 6) is 2.36. The number of hydrogen-bond acceptors (Lipinski definition) is 2. The second-order valence-electron chi connectivity index (χ2n) is 8.76. The lowest BCUT2D eigenvalue weighted by molar-refractivity contribution is 0.0339. The fourth-order valence-electron chi connectivity index (χ4n) is 4.06. The summed E-state index contributed by atoms with van der Waals surface area (Å²) < 4.78 is 0. The fraction of sp³-hybridized carbons (Fsp3) is 1.00. The summed E-state index contributed by atoms with van der Waals surface area (Å²) in [6.45, 7) is 14.1. The molecule has 2 rings (SSSR count). The van der Waals surface area contributed by atoms with E-state index >= 15 is 0 Å². The third-order valence-electron chi connectivity index (χ3n) is 5.50. The lowest BCUT2D eigenvalue weighted by atomic mass is 9.67. The summed E-state index contributed by atoms with van der Waals surface area (Å²) in [5, 5.41) is 0. The van der Waals surface area contributed by atoms with Crippen molar-refractivity contribution in [2.24, 2.45) is 28.9 Å². The van der Waals surface area contributed by atoms with Gasteiger partial charge in [0.2, 0.25) is 0 Å². The molecule has 0 heterocycles. The monoisotopic (exact) mass is 280 g/mol. The Morgan fingerprint density at radius 2 is 1.75 bits per heavy atom. The Morgan fingerprint density at radius 3 is 2.20 bits per heavy atom. The molecule has 118 valence electrons. The van der Waals surface area contributed by atoms with Crippen LogP contribution in [0.2, 0.25) is 0 Å². The zero-order chi connectivity index (χ0) is 14.9. The Hall–Kier alpha value is -0.0800. The number of rotatable bonds is 5. The van der Waals surface area contributed by atoms with Crippen LogP contribution in [0.25, 0.3) is 0 Å². The second-order valence-corrected chi connectivity index (χ2v) is 8.76. The molecule has 0 spiro atoms. The minimum atomic E-state index is 0.449. The maximum absolute atomic E-state index is 6.11. The molecule has 0 radical (unpaired) electrons. The van der Waals surface area contributed by atoms with Crippen LogP contribution in [0.3, 0.4) is 0 Å². The summed E-state index contributed by atoms with van der Waals surface area (Å²) in [6.07, 6.45) is 6.92. The summed E-state index contributed by atoms with van der Waals surface area (Å²) in [7, 11) is 0. The van der Waals surface area contributed by atoms with Crippen molar-refractivity contribution in [2.45, 2.75) is 78.8 Å². The predicted molar refractivity (Wildman–Crippen MR) is 87.7 cm³/mol. The van der Waals surface area contributed by atoms with Crippen LogP contribution in [0.5, 0.6) is 0 Å². The van der Waals surface area contributed by atoms with E-state index in [2.05, 4.69) is 39.5 Å². The maximum Gasteiger partial charge on any atom is 0.0141 e. The zero-order valence-electron chi connectivity index (χ0n) is 14.4. The van der Waals surface area contributed by atoms with Crippen LogP contribution in [0.1, 0.15) is 66.7 Å². The Kier molecular flexibility index (Phi) is 5.18. The highest BCUT2D eigenvalue weighted by molar-refractivity contribution is 4.96. The molecule has 0 bridgehead atoms. The molecular weight excluding hydrogens is 244 g/mol. The van der Waals surface area contributed by atoms with E-state index in [1.807, 2.05) is 0 Å². The third-order valence-corrected chi connectivity index (χ3v) is 5.50. The van der Waals surface area contributed by atoms with Crippen LogP contribution in [0.4, 0.5) is 0 Å². The van der Waals surface area contributed by atoms with Crippen LogP contribution < -0.4 is 5.73 Å². The molecule has 0 aromatic heterocycles. The fourth-order valence-corrected chi connectivity index (χ4v) is 4.06. The highest BCUT2D eigenvalue weighted by Crippen LogP contribution is 2.44. The Labute approximate surface area is 126 Å². The molecule has 0 amide bonds. The van der Waals surface area contributed by atoms with Gasteiger partial charge in [0.1, 0.15) is 0 Å². The Bertz CT molecular complexity index is 301. The van der Waals surface area contributed by atoms with Gasteiger partial charge in [0.25, 0.3) is 0 Å². The van der Waals surface area contributed by atoms with Crippen molar-refractivity contribution >= 4 is 0 Å². The van der Waals surface area contributed by atoms with Crippen molar-refractivity contribution in [3.8, 4) is 0 Å². The topological polar surface area (TPSA) is 29.3 Å². The van der Waals surface area contributed by atoms with E-state index in [0.29, 0.717) is 5.41 Å². The van der Waals surface area contributed by atoms with Crippen molar-refractivity contribution in [2.75, 3.05) is 13.1 Å². The average Bonchev–Trinajstić information content (AvgIpc) is 3.18. The molecule has 0 saturated heterocycles. The number of nitrogens with zero attached hydrogens (tertiary/aromatic N) is 1. The van der Waals surface area contributed by atoms with Gasteiger partial charge in [-0.3, -0.25) is 4.90 Å². The normalized spacial score (nSPS) is 32.1. The van der Waals surface area contributed by atoms with Crippen LogP contribution in [0.15, 0.2) is 0 Å². The van der Waals surface area contributed by atoms with Gasteiger partial charge in [-0.1, -0.05) is 34.6 Å². The van der Waals surface area contributed by atoms with Crippen molar-refractivity contribution < 1.29 is 0 Å². The van der Waals surface area contributed by atoms with Crippen LogP contribution in [-0.2, 0) is 0 Å². The van der Waals surface area contributed by atoms with Gasteiger partial charge in [-0.25, -0.2) is 0 Å². The summed E-state index contributed by atoms with van der Waals surface area (Å²) in [5.41, 5.74) is 6.56. The number of hydrogen-bond donors (Lipinski definition) is 1. The molecule has 0 aromatic carbocycles. The second kappa shape index (κ2) is 6.36. The van der Waals surface area contributed by atoms with Crippen molar-refractivity contribution in [3.05, 3.63) is 0 Å². The van der Waals surface area contributed by atoms with Gasteiger partial charge in [-0.05, 0) is 61.8 Å². The lowest BCUT2D eigenvalue weighted by Gasteiger charge is -2.47. The van der Waals surface area contributed by atoms with Crippen LogP contribution >= 0.6 is 0 Å². The Morgan fingerprint density at radius 1 is 1.10 bits per heavy atom. The van der Waals surface area contributed by atoms with E-state index < -0.39 is 0 Å². The predicted octanol–water partition coefficient (Wildman–Crippen LogP) is 3.90. The molecule has 2 N–H and O–H groups in total. The van der Waals surface area contributed by atoms with E-state index in [4.69, 9.17) is 5.73 Å². The standard InChI is InChI=1S/C18H36N2/c1-13(2)12-20(16-8-9-16)17-10-15(18(3,4)5)7-6-14(17)11-19/h13-17H,6-12,19H2,1-5H3. The van der Waals surface area contributed by atoms with Crippen molar-refractivity contribution in [1.29, 1.82) is 0 Å².